The molecule has 0 aliphatic rings. The van der Waals surface area contributed by atoms with E-state index in [4.69, 9.17) is 25.9 Å². The summed E-state index contributed by atoms with van der Waals surface area (Å²) >= 11 is 5.43. The van der Waals surface area contributed by atoms with Gasteiger partial charge in [-0.05, 0) is 12.1 Å². The minimum Gasteiger partial charge on any atom is -0.461 e. The van der Waals surface area contributed by atoms with Crippen molar-refractivity contribution in [2.75, 3.05) is 12.5 Å². The molecule has 78 valence electrons. The fourth-order valence-corrected chi connectivity index (χ4v) is 1.07. The molecule has 3 nitrogen and oxygen atoms in total. The van der Waals surface area contributed by atoms with Crippen molar-refractivity contribution in [2.24, 2.45) is 0 Å². The Morgan fingerprint density at radius 3 is 2.79 bits per heavy atom. The van der Waals surface area contributed by atoms with Crippen molar-refractivity contribution >= 4 is 11.6 Å². The average Bonchev–Trinajstić information content (AvgIpc) is 2.65. The summed E-state index contributed by atoms with van der Waals surface area (Å²) in [4.78, 5) is 0. The van der Waals surface area contributed by atoms with Gasteiger partial charge < -0.3 is 14.3 Å². The summed E-state index contributed by atoms with van der Waals surface area (Å²) in [5, 5.41) is 8.73. The van der Waals surface area contributed by atoms with Gasteiger partial charge in [-0.15, -0.1) is 11.6 Å². The minimum atomic E-state index is -0.0772. The second kappa shape index (κ2) is 6.65. The van der Waals surface area contributed by atoms with Crippen molar-refractivity contribution in [3.8, 4) is 0 Å². The molecule has 1 aromatic heterocycles. The molecule has 14 heavy (non-hydrogen) atoms. The quantitative estimate of drug-likeness (QED) is 0.450. The summed E-state index contributed by atoms with van der Waals surface area (Å²) in [6, 6.07) is 3.52. The number of rotatable bonds is 6. The molecule has 0 amide bonds. The molecule has 0 aliphatic heterocycles. The van der Waals surface area contributed by atoms with E-state index in [2.05, 4.69) is 0 Å². The molecule has 0 spiro atoms. The molecule has 0 bridgehead atoms. The van der Waals surface area contributed by atoms with Gasteiger partial charge in [0.1, 0.15) is 24.7 Å². The highest BCUT2D eigenvalue weighted by Gasteiger charge is 1.99. The average molecular weight is 217 g/mol. The Bertz CT molecular complexity index is 281. The van der Waals surface area contributed by atoms with Gasteiger partial charge in [0.15, 0.2) is 0 Å². The molecule has 1 aromatic rings. The van der Waals surface area contributed by atoms with Gasteiger partial charge in [-0.1, -0.05) is 12.2 Å². The SMILES string of the molecule is OCc1ccc(COC/C=C\CCl)o1. The highest BCUT2D eigenvalue weighted by atomic mass is 35.5. The lowest BCUT2D eigenvalue weighted by Crippen LogP contribution is -1.90. The summed E-state index contributed by atoms with van der Waals surface area (Å²) < 4.78 is 10.5. The van der Waals surface area contributed by atoms with Gasteiger partial charge in [0, 0.05) is 5.88 Å². The minimum absolute atomic E-state index is 0.0772. The van der Waals surface area contributed by atoms with E-state index in [-0.39, 0.29) is 6.61 Å². The van der Waals surface area contributed by atoms with Crippen molar-refractivity contribution in [3.05, 3.63) is 35.8 Å². The van der Waals surface area contributed by atoms with Crippen molar-refractivity contribution in [3.63, 3.8) is 0 Å². The maximum absolute atomic E-state index is 8.73. The fourth-order valence-electron chi connectivity index (χ4n) is 0.943. The van der Waals surface area contributed by atoms with Crippen molar-refractivity contribution in [2.45, 2.75) is 13.2 Å². The monoisotopic (exact) mass is 216 g/mol. The van der Waals surface area contributed by atoms with Crippen LogP contribution >= 0.6 is 11.6 Å². The molecule has 1 rings (SSSR count). The van der Waals surface area contributed by atoms with Gasteiger partial charge in [0.05, 0.1) is 6.61 Å². The van der Waals surface area contributed by atoms with Crippen LogP contribution in [0.5, 0.6) is 0 Å². The molecule has 0 fully saturated rings. The smallest absolute Gasteiger partial charge is 0.130 e. The highest BCUT2D eigenvalue weighted by Crippen LogP contribution is 2.08. The van der Waals surface area contributed by atoms with Crippen molar-refractivity contribution in [1.82, 2.24) is 0 Å². The third-order valence-electron chi connectivity index (χ3n) is 1.59. The Kier molecular flexibility index (Phi) is 5.37. The number of furan rings is 1. The second-order valence-electron chi connectivity index (χ2n) is 2.67. The molecular weight excluding hydrogens is 204 g/mol. The summed E-state index contributed by atoms with van der Waals surface area (Å²) in [5.74, 6) is 1.77. The molecule has 0 radical (unpaired) electrons. The van der Waals surface area contributed by atoms with E-state index >= 15 is 0 Å². The zero-order valence-corrected chi connectivity index (χ0v) is 8.54. The van der Waals surface area contributed by atoms with Crippen LogP contribution in [0.25, 0.3) is 0 Å². The van der Waals surface area contributed by atoms with Crippen LogP contribution in [0.3, 0.4) is 0 Å². The number of hydrogen-bond donors (Lipinski definition) is 1. The van der Waals surface area contributed by atoms with Crippen LogP contribution in [0.1, 0.15) is 11.5 Å². The van der Waals surface area contributed by atoms with Crippen molar-refractivity contribution < 1.29 is 14.3 Å². The number of ether oxygens (including phenoxy) is 1. The summed E-state index contributed by atoms with van der Waals surface area (Å²) in [6.45, 7) is 0.848. The third-order valence-corrected chi connectivity index (χ3v) is 1.77. The van der Waals surface area contributed by atoms with Crippen LogP contribution in [0, 0.1) is 0 Å². The van der Waals surface area contributed by atoms with E-state index in [0.29, 0.717) is 30.6 Å². The lowest BCUT2D eigenvalue weighted by atomic mass is 10.4. The number of aliphatic hydroxyl groups excluding tert-OH is 1. The maximum atomic E-state index is 8.73. The molecule has 0 aromatic carbocycles. The highest BCUT2D eigenvalue weighted by molar-refractivity contribution is 6.18. The molecule has 1 N–H and O–H groups in total. The first kappa shape index (κ1) is 11.3. The van der Waals surface area contributed by atoms with Gasteiger partial charge in [0.25, 0.3) is 0 Å². The Morgan fingerprint density at radius 1 is 1.36 bits per heavy atom. The van der Waals surface area contributed by atoms with Crippen molar-refractivity contribution in [1.29, 1.82) is 0 Å². The fraction of sp³-hybridized carbons (Fsp3) is 0.400. The van der Waals surface area contributed by atoms with Crippen LogP contribution in [0.4, 0.5) is 0 Å². The maximum Gasteiger partial charge on any atom is 0.130 e. The molecule has 0 aliphatic carbocycles. The van der Waals surface area contributed by atoms with Crippen LogP contribution in [0.15, 0.2) is 28.7 Å². The first-order chi connectivity index (χ1) is 6.86. The Labute approximate surface area is 87.9 Å². The van der Waals surface area contributed by atoms with E-state index in [1.54, 1.807) is 12.1 Å². The van der Waals surface area contributed by atoms with E-state index in [9.17, 15) is 0 Å². The van der Waals surface area contributed by atoms with Gasteiger partial charge in [-0.3, -0.25) is 0 Å². The molecular formula is C10H13ClO3. The largest absolute Gasteiger partial charge is 0.461 e. The van der Waals surface area contributed by atoms with Crippen LogP contribution in [-0.2, 0) is 18.0 Å². The molecule has 4 heteroatoms. The molecule has 0 saturated carbocycles. The molecule has 1 heterocycles. The lowest BCUT2D eigenvalue weighted by Gasteiger charge is -1.96. The Morgan fingerprint density at radius 2 is 2.14 bits per heavy atom. The van der Waals surface area contributed by atoms with Gasteiger partial charge >= 0.3 is 0 Å². The van der Waals surface area contributed by atoms with E-state index in [0.717, 1.165) is 0 Å². The summed E-state index contributed by atoms with van der Waals surface area (Å²) in [6.07, 6.45) is 3.67. The first-order valence-electron chi connectivity index (χ1n) is 4.34. The predicted octanol–water partition coefficient (Wildman–Crippen LogP) is 2.08. The first-order valence-corrected chi connectivity index (χ1v) is 4.87. The zero-order chi connectivity index (χ0) is 10.2. The Balaban J connectivity index is 2.21. The zero-order valence-electron chi connectivity index (χ0n) is 7.78. The number of hydrogen-bond acceptors (Lipinski definition) is 3. The van der Waals surface area contributed by atoms with Crippen LogP contribution in [-0.4, -0.2) is 17.6 Å². The van der Waals surface area contributed by atoms with E-state index in [1.165, 1.54) is 0 Å². The third kappa shape index (κ3) is 3.96. The normalized spacial score (nSPS) is 11.3. The molecule has 0 atom stereocenters. The van der Waals surface area contributed by atoms with Gasteiger partial charge in [0.2, 0.25) is 0 Å². The molecule has 0 saturated heterocycles. The summed E-state index contributed by atoms with van der Waals surface area (Å²) in [7, 11) is 0. The standard InChI is InChI=1S/C10H13ClO3/c11-5-1-2-6-13-8-10-4-3-9(7-12)14-10/h1-4,12H,5-8H2/b2-1-. The molecule has 0 unspecified atom stereocenters. The number of alkyl halides is 1. The second-order valence-corrected chi connectivity index (χ2v) is 2.98. The van der Waals surface area contributed by atoms with E-state index < -0.39 is 0 Å². The number of allylic oxidation sites excluding steroid dienone is 1. The van der Waals surface area contributed by atoms with Gasteiger partial charge in [-0.25, -0.2) is 0 Å². The van der Waals surface area contributed by atoms with Gasteiger partial charge in [-0.2, -0.15) is 0 Å². The number of aliphatic hydroxyl groups is 1. The van der Waals surface area contributed by atoms with Crippen LogP contribution in [0.2, 0.25) is 0 Å². The topological polar surface area (TPSA) is 42.6 Å². The number of halogens is 1. The Hall–Kier alpha value is -0.770. The lowest BCUT2D eigenvalue weighted by molar-refractivity contribution is 0.127. The van der Waals surface area contributed by atoms with Crippen LogP contribution < -0.4 is 0 Å². The van der Waals surface area contributed by atoms with E-state index in [1.807, 2.05) is 12.2 Å². The summed E-state index contributed by atoms with van der Waals surface area (Å²) in [5.41, 5.74) is 0. The predicted molar refractivity (Wildman–Crippen MR) is 54.1 cm³/mol.